The highest BCUT2D eigenvalue weighted by molar-refractivity contribution is 5.86. The summed E-state index contributed by atoms with van der Waals surface area (Å²) in [6.45, 7) is 8.27. The lowest BCUT2D eigenvalue weighted by molar-refractivity contribution is 0.215. The number of para-hydroxylation sites is 2. The summed E-state index contributed by atoms with van der Waals surface area (Å²) in [6, 6.07) is 29.1. The van der Waals surface area contributed by atoms with E-state index in [1.807, 2.05) is 6.07 Å². The van der Waals surface area contributed by atoms with Gasteiger partial charge in [0.05, 0.1) is 22.6 Å². The molecule has 3 heterocycles. The van der Waals surface area contributed by atoms with Crippen LogP contribution in [0.3, 0.4) is 0 Å². The van der Waals surface area contributed by atoms with Crippen molar-refractivity contribution in [1.82, 2.24) is 14.3 Å². The van der Waals surface area contributed by atoms with Crippen LogP contribution in [-0.2, 0) is 6.42 Å². The zero-order chi connectivity index (χ0) is 29.3. The van der Waals surface area contributed by atoms with E-state index in [2.05, 4.69) is 101 Å². The number of nitriles is 1. The second kappa shape index (κ2) is 11.9. The number of hydrogen-bond acceptors (Lipinski definition) is 4. The van der Waals surface area contributed by atoms with Crippen LogP contribution in [0.1, 0.15) is 79.3 Å². The van der Waals surface area contributed by atoms with Gasteiger partial charge in [0.1, 0.15) is 11.9 Å². The first-order chi connectivity index (χ1) is 21.2. The zero-order valence-electron chi connectivity index (χ0n) is 25.5. The molecule has 5 aromatic rings. The fraction of sp³-hybridized carbons (Fsp3) is 0.368. The van der Waals surface area contributed by atoms with Crippen LogP contribution in [0.25, 0.3) is 27.8 Å². The number of pyridine rings is 1. The van der Waals surface area contributed by atoms with Crippen LogP contribution in [0, 0.1) is 18.3 Å². The van der Waals surface area contributed by atoms with Gasteiger partial charge >= 0.3 is 0 Å². The summed E-state index contributed by atoms with van der Waals surface area (Å²) in [5.41, 5.74) is 11.6. The number of rotatable bonds is 9. The number of unbranched alkanes of at least 4 members (excludes halogenated alkanes) is 5. The van der Waals surface area contributed by atoms with Crippen LogP contribution in [0.4, 0.5) is 5.82 Å². The lowest BCUT2D eigenvalue weighted by Gasteiger charge is -2.40. The topological polar surface area (TPSA) is 47.6 Å². The van der Waals surface area contributed by atoms with Crippen LogP contribution >= 0.6 is 0 Å². The first-order valence-electron chi connectivity index (χ1n) is 16.2. The van der Waals surface area contributed by atoms with E-state index < -0.39 is 0 Å². The van der Waals surface area contributed by atoms with Crippen molar-refractivity contribution in [2.24, 2.45) is 0 Å². The maximum absolute atomic E-state index is 10.3. The number of anilines is 1. The van der Waals surface area contributed by atoms with Gasteiger partial charge in [0.25, 0.3) is 0 Å². The van der Waals surface area contributed by atoms with Crippen LogP contribution in [-0.4, -0.2) is 40.5 Å². The van der Waals surface area contributed by atoms with Crippen molar-refractivity contribution in [3.05, 3.63) is 101 Å². The van der Waals surface area contributed by atoms with E-state index in [0.29, 0.717) is 6.04 Å². The predicted molar refractivity (Wildman–Crippen MR) is 177 cm³/mol. The minimum Gasteiger partial charge on any atom is -0.355 e. The number of piperazine rings is 1. The molecule has 7 rings (SSSR count). The van der Waals surface area contributed by atoms with Crippen LogP contribution in [0.5, 0.6) is 0 Å². The Bertz CT molecular complexity index is 1770. The highest BCUT2D eigenvalue weighted by Gasteiger charge is 2.35. The van der Waals surface area contributed by atoms with E-state index in [4.69, 9.17) is 4.98 Å². The molecule has 0 saturated carbocycles. The van der Waals surface area contributed by atoms with Crippen molar-refractivity contribution in [1.29, 1.82) is 5.26 Å². The Morgan fingerprint density at radius 3 is 2.12 bits per heavy atom. The van der Waals surface area contributed by atoms with Gasteiger partial charge in [-0.05, 0) is 65.3 Å². The molecule has 218 valence electrons. The molecule has 0 atom stereocenters. The molecule has 2 aliphatic rings. The summed E-state index contributed by atoms with van der Waals surface area (Å²) in [5, 5.41) is 10.3. The van der Waals surface area contributed by atoms with Gasteiger partial charge in [-0.3, -0.25) is 9.30 Å². The zero-order valence-corrected chi connectivity index (χ0v) is 25.5. The molecule has 1 aliphatic heterocycles. The van der Waals surface area contributed by atoms with Gasteiger partial charge in [0, 0.05) is 26.2 Å². The van der Waals surface area contributed by atoms with Crippen molar-refractivity contribution < 1.29 is 0 Å². The van der Waals surface area contributed by atoms with Gasteiger partial charge in [-0.2, -0.15) is 5.26 Å². The summed E-state index contributed by atoms with van der Waals surface area (Å²) in [4.78, 5) is 10.3. The largest absolute Gasteiger partial charge is 0.355 e. The number of imidazole rings is 1. The fourth-order valence-corrected chi connectivity index (χ4v) is 7.59. The van der Waals surface area contributed by atoms with Gasteiger partial charge in [-0.1, -0.05) is 99.7 Å². The monoisotopic (exact) mass is 567 g/mol. The molecule has 3 aromatic carbocycles. The molecule has 0 spiro atoms. The normalized spacial score (nSPS) is 15.2. The molecule has 0 N–H and O–H groups in total. The number of nitrogens with zero attached hydrogens (tertiary/aromatic N) is 5. The van der Waals surface area contributed by atoms with Gasteiger partial charge in [-0.25, -0.2) is 4.98 Å². The first kappa shape index (κ1) is 27.7. The lowest BCUT2D eigenvalue weighted by atomic mass is 9.97. The lowest BCUT2D eigenvalue weighted by Crippen LogP contribution is -2.48. The van der Waals surface area contributed by atoms with Gasteiger partial charge in [0.2, 0.25) is 0 Å². The molecule has 0 unspecified atom stereocenters. The molecular formula is C38H41N5. The maximum Gasteiger partial charge on any atom is 0.157 e. The molecule has 2 aromatic heterocycles. The van der Waals surface area contributed by atoms with Crippen molar-refractivity contribution in [2.45, 2.75) is 64.8 Å². The smallest absolute Gasteiger partial charge is 0.157 e. The van der Waals surface area contributed by atoms with Gasteiger partial charge in [-0.15, -0.1) is 0 Å². The quantitative estimate of drug-likeness (QED) is 0.168. The third-order valence-electron chi connectivity index (χ3n) is 9.77. The SMILES string of the molecule is CCCCCCCCc1c(C)c(C#N)c2nc3ccccc3n2c1N1CCN(C2c3ccccc3-c3ccccc32)CC1. The molecule has 5 nitrogen and oxygen atoms in total. The minimum absolute atomic E-state index is 0.300. The summed E-state index contributed by atoms with van der Waals surface area (Å²) in [7, 11) is 0. The number of benzene rings is 3. The molecule has 0 amide bonds. The Hall–Kier alpha value is -4.14. The van der Waals surface area contributed by atoms with Crippen molar-refractivity contribution in [3.8, 4) is 17.2 Å². The Kier molecular flexibility index (Phi) is 7.63. The second-order valence-corrected chi connectivity index (χ2v) is 12.3. The molecule has 43 heavy (non-hydrogen) atoms. The molecular weight excluding hydrogens is 526 g/mol. The minimum atomic E-state index is 0.300. The molecule has 1 aliphatic carbocycles. The molecule has 5 heteroatoms. The Morgan fingerprint density at radius 1 is 0.791 bits per heavy atom. The number of aromatic nitrogens is 2. The summed E-state index contributed by atoms with van der Waals surface area (Å²) in [5.74, 6) is 1.25. The highest BCUT2D eigenvalue weighted by atomic mass is 15.3. The van der Waals surface area contributed by atoms with E-state index in [0.717, 1.165) is 66.8 Å². The Balaban J connectivity index is 1.25. The summed E-state index contributed by atoms with van der Waals surface area (Å²) < 4.78 is 2.31. The van der Waals surface area contributed by atoms with Gasteiger partial charge < -0.3 is 4.90 Å². The Labute approximate surface area is 255 Å². The van der Waals surface area contributed by atoms with Gasteiger partial charge in [0.15, 0.2) is 5.65 Å². The van der Waals surface area contributed by atoms with Crippen LogP contribution in [0.15, 0.2) is 72.8 Å². The standard InChI is InChI=1S/C38H41N5/c1-3-4-5-6-7-8-15-28-27(2)33(26-39)37-40-34-20-13-14-21-35(34)43(37)38(28)42-24-22-41(23-25-42)36-31-18-11-9-16-29(31)30-17-10-12-19-32(30)36/h9-14,16-21,36H,3-8,15,22-25H2,1-2H3. The van der Waals surface area contributed by atoms with Crippen LogP contribution < -0.4 is 4.90 Å². The molecule has 1 saturated heterocycles. The van der Waals surface area contributed by atoms with E-state index in [1.165, 1.54) is 65.7 Å². The number of fused-ring (bicyclic) bond motifs is 6. The summed E-state index contributed by atoms with van der Waals surface area (Å²) in [6.07, 6.45) is 8.56. The van der Waals surface area contributed by atoms with Crippen molar-refractivity contribution >= 4 is 22.5 Å². The van der Waals surface area contributed by atoms with E-state index in [1.54, 1.807) is 0 Å². The predicted octanol–water partition coefficient (Wildman–Crippen LogP) is 8.46. The third-order valence-corrected chi connectivity index (χ3v) is 9.77. The van der Waals surface area contributed by atoms with E-state index >= 15 is 0 Å². The van der Waals surface area contributed by atoms with Crippen LogP contribution in [0.2, 0.25) is 0 Å². The van der Waals surface area contributed by atoms with E-state index in [-0.39, 0.29) is 0 Å². The first-order valence-corrected chi connectivity index (χ1v) is 16.2. The number of hydrogen-bond donors (Lipinski definition) is 0. The second-order valence-electron chi connectivity index (χ2n) is 12.3. The van der Waals surface area contributed by atoms with Crippen molar-refractivity contribution in [3.63, 3.8) is 0 Å². The summed E-state index contributed by atoms with van der Waals surface area (Å²) >= 11 is 0. The fourth-order valence-electron chi connectivity index (χ4n) is 7.59. The Morgan fingerprint density at radius 2 is 1.42 bits per heavy atom. The van der Waals surface area contributed by atoms with Crippen molar-refractivity contribution in [2.75, 3.05) is 31.1 Å². The molecule has 0 bridgehead atoms. The maximum atomic E-state index is 10.3. The molecule has 0 radical (unpaired) electrons. The average molecular weight is 568 g/mol. The highest BCUT2D eigenvalue weighted by Crippen LogP contribution is 2.46. The third kappa shape index (κ3) is 4.79. The molecule has 1 fully saturated rings. The van der Waals surface area contributed by atoms with E-state index in [9.17, 15) is 5.26 Å². The average Bonchev–Trinajstić information content (AvgIpc) is 3.59.